The zero-order valence-electron chi connectivity index (χ0n) is 6.33. The highest BCUT2D eigenvalue weighted by Crippen LogP contribution is 2.33. The van der Waals surface area contributed by atoms with Crippen LogP contribution in [0.4, 0.5) is 0 Å². The van der Waals surface area contributed by atoms with Crippen LogP contribution in [0.1, 0.15) is 5.56 Å². The van der Waals surface area contributed by atoms with Gasteiger partial charge in [-0.2, -0.15) is 0 Å². The Hall–Kier alpha value is -0.700. The van der Waals surface area contributed by atoms with Gasteiger partial charge in [0.1, 0.15) is 5.03 Å². The Kier molecular flexibility index (Phi) is 1.74. The van der Waals surface area contributed by atoms with E-state index in [-0.39, 0.29) is 0 Å². The predicted molar refractivity (Wildman–Crippen MR) is 45.2 cm³/mol. The Morgan fingerprint density at radius 3 is 3.36 bits per heavy atom. The quantitative estimate of drug-likeness (QED) is 0.589. The predicted octanol–water partition coefficient (Wildman–Crippen LogP) is 1.87. The number of pyridine rings is 1. The number of hydrogen-bond acceptors (Lipinski definition) is 3. The first-order chi connectivity index (χ1) is 5.38. The third kappa shape index (κ3) is 1.20. The Morgan fingerprint density at radius 1 is 1.64 bits per heavy atom. The summed E-state index contributed by atoms with van der Waals surface area (Å²) < 4.78 is 5.47. The van der Waals surface area contributed by atoms with Crippen molar-refractivity contribution < 1.29 is 4.74 Å². The third-order valence-corrected chi connectivity index (χ3v) is 2.57. The minimum absolute atomic E-state index is 0.810. The molecule has 2 rings (SSSR count). The van der Waals surface area contributed by atoms with Crippen LogP contribution < -0.4 is 4.74 Å². The van der Waals surface area contributed by atoms with E-state index >= 15 is 0 Å². The molecule has 0 atom stereocenters. The maximum absolute atomic E-state index is 5.47. The van der Waals surface area contributed by atoms with Crippen molar-refractivity contribution >= 4 is 11.8 Å². The Morgan fingerprint density at radius 2 is 2.55 bits per heavy atom. The average molecular weight is 167 g/mol. The molecule has 11 heavy (non-hydrogen) atoms. The van der Waals surface area contributed by atoms with Gasteiger partial charge in [-0.1, -0.05) is 11.8 Å². The van der Waals surface area contributed by atoms with Crippen molar-refractivity contribution in [2.75, 3.05) is 12.4 Å². The molecule has 0 saturated heterocycles. The summed E-state index contributed by atoms with van der Waals surface area (Å²) >= 11 is 1.77. The molecule has 2 nitrogen and oxygen atoms in total. The first kappa shape index (κ1) is 6.98. The molecule has 0 saturated carbocycles. The number of aryl methyl sites for hydroxylation is 1. The minimum atomic E-state index is 0.810. The number of rotatable bonds is 0. The zero-order valence-corrected chi connectivity index (χ0v) is 7.15. The smallest absolute Gasteiger partial charge is 0.154 e. The van der Waals surface area contributed by atoms with Crippen LogP contribution in [-0.2, 0) is 0 Å². The van der Waals surface area contributed by atoms with E-state index in [0.29, 0.717) is 0 Å². The topological polar surface area (TPSA) is 22.1 Å². The second kappa shape index (κ2) is 2.74. The number of hydrogen-bond donors (Lipinski definition) is 0. The molecule has 2 heterocycles. The van der Waals surface area contributed by atoms with Crippen LogP contribution in [0.5, 0.6) is 5.75 Å². The normalized spacial score (nSPS) is 15.4. The largest absolute Gasteiger partial charge is 0.490 e. The molecule has 0 radical (unpaired) electrons. The van der Waals surface area contributed by atoms with E-state index in [2.05, 4.69) is 4.98 Å². The number of aromatic nitrogens is 1. The van der Waals surface area contributed by atoms with Gasteiger partial charge in [-0.05, 0) is 18.6 Å². The van der Waals surface area contributed by atoms with E-state index in [9.17, 15) is 0 Å². The summed E-state index contributed by atoms with van der Waals surface area (Å²) in [6.45, 7) is 2.86. The van der Waals surface area contributed by atoms with E-state index < -0.39 is 0 Å². The van der Waals surface area contributed by atoms with Crippen LogP contribution in [0.25, 0.3) is 0 Å². The van der Waals surface area contributed by atoms with Gasteiger partial charge in [0.2, 0.25) is 0 Å². The van der Waals surface area contributed by atoms with Crippen LogP contribution in [0.15, 0.2) is 17.3 Å². The Labute approximate surface area is 70.0 Å². The molecular weight excluding hydrogens is 158 g/mol. The van der Waals surface area contributed by atoms with Gasteiger partial charge >= 0.3 is 0 Å². The second-order valence-electron chi connectivity index (χ2n) is 2.46. The Balaban J connectivity index is 2.49. The number of thioether (sulfide) groups is 1. The van der Waals surface area contributed by atoms with Crippen molar-refractivity contribution in [2.24, 2.45) is 0 Å². The Bertz CT molecular complexity index is 275. The molecular formula is C8H9NOS. The van der Waals surface area contributed by atoms with Gasteiger partial charge in [0.15, 0.2) is 5.75 Å². The highest BCUT2D eigenvalue weighted by Gasteiger charge is 2.13. The fourth-order valence-corrected chi connectivity index (χ4v) is 1.93. The number of fused-ring (bicyclic) bond motifs is 1. The molecule has 0 aliphatic carbocycles. The molecule has 3 heteroatoms. The monoisotopic (exact) mass is 167 g/mol. The van der Waals surface area contributed by atoms with Crippen LogP contribution in [0.3, 0.4) is 0 Å². The summed E-state index contributed by atoms with van der Waals surface area (Å²) in [6, 6.07) is 1.98. The second-order valence-corrected chi connectivity index (χ2v) is 3.54. The van der Waals surface area contributed by atoms with Crippen molar-refractivity contribution in [3.63, 3.8) is 0 Å². The van der Waals surface area contributed by atoms with Crippen molar-refractivity contribution in [3.05, 3.63) is 17.8 Å². The SMILES string of the molecule is Cc1ccnc2c1OCCS2. The van der Waals surface area contributed by atoms with Crippen LogP contribution in [-0.4, -0.2) is 17.3 Å². The van der Waals surface area contributed by atoms with Gasteiger partial charge in [-0.15, -0.1) is 0 Å². The van der Waals surface area contributed by atoms with E-state index in [1.807, 2.05) is 19.2 Å². The van der Waals surface area contributed by atoms with Crippen LogP contribution >= 0.6 is 11.8 Å². The maximum atomic E-state index is 5.47. The number of nitrogens with zero attached hydrogens (tertiary/aromatic N) is 1. The van der Waals surface area contributed by atoms with Crippen molar-refractivity contribution in [1.29, 1.82) is 0 Å². The summed E-state index contributed by atoms with van der Waals surface area (Å²) in [6.07, 6.45) is 1.83. The van der Waals surface area contributed by atoms with E-state index in [0.717, 1.165) is 23.1 Å². The molecule has 0 spiro atoms. The molecule has 1 aliphatic rings. The van der Waals surface area contributed by atoms with E-state index in [1.54, 1.807) is 11.8 Å². The zero-order chi connectivity index (χ0) is 7.68. The van der Waals surface area contributed by atoms with Gasteiger partial charge in [0.05, 0.1) is 6.61 Å². The fourth-order valence-electron chi connectivity index (χ4n) is 1.08. The third-order valence-electron chi connectivity index (χ3n) is 1.64. The molecule has 1 aromatic heterocycles. The highest BCUT2D eigenvalue weighted by molar-refractivity contribution is 7.99. The molecule has 0 fully saturated rings. The lowest BCUT2D eigenvalue weighted by atomic mass is 10.3. The van der Waals surface area contributed by atoms with Crippen LogP contribution in [0, 0.1) is 6.92 Å². The summed E-state index contributed by atoms with van der Waals surface area (Å²) in [5.74, 6) is 1.99. The van der Waals surface area contributed by atoms with Gasteiger partial charge in [-0.25, -0.2) is 4.98 Å². The first-order valence-corrected chi connectivity index (χ1v) is 4.58. The van der Waals surface area contributed by atoms with Gasteiger partial charge in [0, 0.05) is 11.9 Å². The van der Waals surface area contributed by atoms with Gasteiger partial charge in [0.25, 0.3) is 0 Å². The maximum Gasteiger partial charge on any atom is 0.154 e. The molecule has 0 aromatic carbocycles. The molecule has 58 valence electrons. The molecule has 0 bridgehead atoms. The average Bonchev–Trinajstić information content (AvgIpc) is 2.06. The molecule has 1 aromatic rings. The summed E-state index contributed by atoms with van der Waals surface area (Å²) in [5, 5.41) is 1.04. The van der Waals surface area contributed by atoms with Crippen LogP contribution in [0.2, 0.25) is 0 Å². The highest BCUT2D eigenvalue weighted by atomic mass is 32.2. The summed E-state index contributed by atoms with van der Waals surface area (Å²) in [4.78, 5) is 4.22. The summed E-state index contributed by atoms with van der Waals surface area (Å²) in [5.41, 5.74) is 1.18. The molecule has 0 unspecified atom stereocenters. The van der Waals surface area contributed by atoms with E-state index in [4.69, 9.17) is 4.74 Å². The molecule has 1 aliphatic heterocycles. The van der Waals surface area contributed by atoms with Crippen molar-refractivity contribution in [3.8, 4) is 5.75 Å². The first-order valence-electron chi connectivity index (χ1n) is 3.59. The summed E-state index contributed by atoms with van der Waals surface area (Å²) in [7, 11) is 0. The van der Waals surface area contributed by atoms with E-state index in [1.165, 1.54) is 5.56 Å². The van der Waals surface area contributed by atoms with Crippen molar-refractivity contribution in [1.82, 2.24) is 4.98 Å². The standard InChI is InChI=1S/C8H9NOS/c1-6-2-3-9-8-7(6)10-4-5-11-8/h2-3H,4-5H2,1H3. The fraction of sp³-hybridized carbons (Fsp3) is 0.375. The molecule has 0 N–H and O–H groups in total. The van der Waals surface area contributed by atoms with Crippen molar-refractivity contribution in [2.45, 2.75) is 11.9 Å². The lowest BCUT2D eigenvalue weighted by molar-refractivity contribution is 0.324. The van der Waals surface area contributed by atoms with Gasteiger partial charge < -0.3 is 4.74 Å². The van der Waals surface area contributed by atoms with Gasteiger partial charge in [-0.3, -0.25) is 0 Å². The lowest BCUT2D eigenvalue weighted by Gasteiger charge is -2.16. The minimum Gasteiger partial charge on any atom is -0.490 e. The lowest BCUT2D eigenvalue weighted by Crippen LogP contribution is -2.08. The molecule has 0 amide bonds. The number of ether oxygens (including phenoxy) is 1.